The highest BCUT2D eigenvalue weighted by molar-refractivity contribution is 6.34. The highest BCUT2D eigenvalue weighted by Gasteiger charge is 2.19. The zero-order valence-corrected chi connectivity index (χ0v) is 14.2. The quantitative estimate of drug-likeness (QED) is 0.683. The van der Waals surface area contributed by atoms with Crippen LogP contribution in [0.25, 0.3) is 10.8 Å². The first-order valence-electron chi connectivity index (χ1n) is 8.22. The lowest BCUT2D eigenvalue weighted by Crippen LogP contribution is -2.46. The minimum atomic E-state index is 0.582. The van der Waals surface area contributed by atoms with Gasteiger partial charge in [-0.2, -0.15) is 0 Å². The van der Waals surface area contributed by atoms with E-state index in [1.165, 1.54) is 0 Å². The van der Waals surface area contributed by atoms with Gasteiger partial charge in [-0.25, -0.2) is 4.98 Å². The predicted octanol–water partition coefficient (Wildman–Crippen LogP) is 3.61. The fourth-order valence-corrected chi connectivity index (χ4v) is 3.42. The van der Waals surface area contributed by atoms with Crippen LogP contribution >= 0.6 is 11.6 Å². The van der Waals surface area contributed by atoms with Crippen LogP contribution in [0.2, 0.25) is 5.15 Å². The van der Waals surface area contributed by atoms with Crippen LogP contribution < -0.4 is 4.90 Å². The maximum Gasteiger partial charge on any atom is 0.139 e. The van der Waals surface area contributed by atoms with Crippen LogP contribution in [0.1, 0.15) is 5.69 Å². The third-order valence-electron chi connectivity index (χ3n) is 4.49. The molecule has 1 fully saturated rings. The Morgan fingerprint density at radius 3 is 2.54 bits per heavy atom. The van der Waals surface area contributed by atoms with Gasteiger partial charge in [0.2, 0.25) is 0 Å². The molecule has 2 aromatic heterocycles. The van der Waals surface area contributed by atoms with Crippen molar-refractivity contribution in [2.24, 2.45) is 0 Å². The summed E-state index contributed by atoms with van der Waals surface area (Å²) < 4.78 is 0. The summed E-state index contributed by atoms with van der Waals surface area (Å²) in [4.78, 5) is 13.8. The standard InChI is InChI=1S/C19H19ClN4/c20-19-17-7-2-1-5-15(17)13-18(22-19)24-11-9-23(10-12-24)14-16-6-3-4-8-21-16/h1-8,13H,9-12,14H2. The van der Waals surface area contributed by atoms with Crippen molar-refractivity contribution < 1.29 is 0 Å². The Bertz CT molecular complexity index is 829. The van der Waals surface area contributed by atoms with Crippen LogP contribution in [0.15, 0.2) is 54.7 Å². The van der Waals surface area contributed by atoms with E-state index >= 15 is 0 Å². The molecule has 0 spiro atoms. The van der Waals surface area contributed by atoms with Gasteiger partial charge >= 0.3 is 0 Å². The third-order valence-corrected chi connectivity index (χ3v) is 4.78. The molecule has 0 saturated carbocycles. The number of halogens is 1. The summed E-state index contributed by atoms with van der Waals surface area (Å²) in [6.45, 7) is 4.81. The lowest BCUT2D eigenvalue weighted by Gasteiger charge is -2.35. The number of hydrogen-bond acceptors (Lipinski definition) is 4. The molecule has 1 aliphatic rings. The number of benzene rings is 1. The number of pyridine rings is 2. The van der Waals surface area contributed by atoms with Crippen molar-refractivity contribution in [2.45, 2.75) is 6.54 Å². The van der Waals surface area contributed by atoms with E-state index in [0.29, 0.717) is 5.15 Å². The first kappa shape index (κ1) is 15.4. The Labute approximate surface area is 146 Å². The first-order chi connectivity index (χ1) is 11.8. The molecule has 1 aliphatic heterocycles. The molecule has 122 valence electrons. The molecule has 1 aromatic carbocycles. The van der Waals surface area contributed by atoms with Gasteiger partial charge in [0.15, 0.2) is 0 Å². The number of hydrogen-bond donors (Lipinski definition) is 0. The Morgan fingerprint density at radius 1 is 0.958 bits per heavy atom. The van der Waals surface area contributed by atoms with Crippen LogP contribution in [-0.4, -0.2) is 41.0 Å². The van der Waals surface area contributed by atoms with E-state index in [1.54, 1.807) is 0 Å². The number of rotatable bonds is 3. The van der Waals surface area contributed by atoms with Gasteiger partial charge in [-0.1, -0.05) is 41.9 Å². The first-order valence-corrected chi connectivity index (χ1v) is 8.60. The second-order valence-corrected chi connectivity index (χ2v) is 6.43. The number of piperazine rings is 1. The van der Waals surface area contributed by atoms with Crippen LogP contribution in [0.5, 0.6) is 0 Å². The molecule has 0 aliphatic carbocycles. The van der Waals surface area contributed by atoms with Crippen molar-refractivity contribution in [3.8, 4) is 0 Å². The molecule has 3 aromatic rings. The second-order valence-electron chi connectivity index (χ2n) is 6.08. The fraction of sp³-hybridized carbons (Fsp3) is 0.263. The van der Waals surface area contributed by atoms with Crippen molar-refractivity contribution in [1.29, 1.82) is 0 Å². The molecule has 0 atom stereocenters. The topological polar surface area (TPSA) is 32.3 Å². The number of anilines is 1. The summed E-state index contributed by atoms with van der Waals surface area (Å²) in [6, 6.07) is 16.3. The molecule has 3 heterocycles. The summed E-state index contributed by atoms with van der Waals surface area (Å²) in [7, 11) is 0. The summed E-state index contributed by atoms with van der Waals surface area (Å²) in [6.07, 6.45) is 1.85. The molecule has 0 radical (unpaired) electrons. The number of fused-ring (bicyclic) bond motifs is 1. The van der Waals surface area contributed by atoms with Crippen molar-refractivity contribution in [3.63, 3.8) is 0 Å². The van der Waals surface area contributed by atoms with Crippen molar-refractivity contribution in [2.75, 3.05) is 31.1 Å². The molecule has 1 saturated heterocycles. The largest absolute Gasteiger partial charge is 0.354 e. The van der Waals surface area contributed by atoms with Crippen molar-refractivity contribution >= 4 is 28.2 Å². The highest BCUT2D eigenvalue weighted by Crippen LogP contribution is 2.26. The molecule has 24 heavy (non-hydrogen) atoms. The Kier molecular flexibility index (Phi) is 4.32. The van der Waals surface area contributed by atoms with Gasteiger partial charge in [0.05, 0.1) is 5.69 Å². The lowest BCUT2D eigenvalue weighted by molar-refractivity contribution is 0.246. The smallest absolute Gasteiger partial charge is 0.139 e. The van der Waals surface area contributed by atoms with E-state index in [-0.39, 0.29) is 0 Å². The Morgan fingerprint density at radius 2 is 1.75 bits per heavy atom. The minimum Gasteiger partial charge on any atom is -0.354 e. The molecule has 0 N–H and O–H groups in total. The van der Waals surface area contributed by atoms with Gasteiger partial charge in [0.25, 0.3) is 0 Å². The molecule has 0 unspecified atom stereocenters. The van der Waals surface area contributed by atoms with Crippen molar-refractivity contribution in [1.82, 2.24) is 14.9 Å². The zero-order chi connectivity index (χ0) is 16.4. The average Bonchev–Trinajstić information content (AvgIpc) is 2.63. The van der Waals surface area contributed by atoms with E-state index in [9.17, 15) is 0 Å². The fourth-order valence-electron chi connectivity index (χ4n) is 3.16. The van der Waals surface area contributed by atoms with Gasteiger partial charge in [-0.3, -0.25) is 9.88 Å². The molecule has 4 nitrogen and oxygen atoms in total. The van der Waals surface area contributed by atoms with Gasteiger partial charge in [0, 0.05) is 44.3 Å². The molecular weight excluding hydrogens is 320 g/mol. The van der Waals surface area contributed by atoms with Gasteiger partial charge < -0.3 is 4.90 Å². The van der Waals surface area contributed by atoms with Crippen LogP contribution in [0.4, 0.5) is 5.82 Å². The molecular formula is C19H19ClN4. The lowest BCUT2D eigenvalue weighted by atomic mass is 10.1. The number of aromatic nitrogens is 2. The van der Waals surface area contributed by atoms with Gasteiger partial charge in [-0.05, 0) is 23.6 Å². The van der Waals surface area contributed by atoms with Gasteiger partial charge in [-0.15, -0.1) is 0 Å². The maximum absolute atomic E-state index is 6.36. The summed E-state index contributed by atoms with van der Waals surface area (Å²) in [5.41, 5.74) is 1.12. The van der Waals surface area contributed by atoms with Crippen LogP contribution in [0, 0.1) is 0 Å². The van der Waals surface area contributed by atoms with Gasteiger partial charge in [0.1, 0.15) is 11.0 Å². The second kappa shape index (κ2) is 6.75. The molecule has 0 bridgehead atoms. The van der Waals surface area contributed by atoms with E-state index in [1.807, 2.05) is 36.5 Å². The van der Waals surface area contributed by atoms with Crippen LogP contribution in [0.3, 0.4) is 0 Å². The monoisotopic (exact) mass is 338 g/mol. The Hall–Kier alpha value is -2.17. The zero-order valence-electron chi connectivity index (χ0n) is 13.4. The van der Waals surface area contributed by atoms with E-state index in [0.717, 1.165) is 55.0 Å². The Balaban J connectivity index is 1.46. The van der Waals surface area contributed by atoms with E-state index < -0.39 is 0 Å². The van der Waals surface area contributed by atoms with Crippen molar-refractivity contribution in [3.05, 3.63) is 65.6 Å². The molecule has 0 amide bonds. The maximum atomic E-state index is 6.36. The SMILES string of the molecule is Clc1nc(N2CCN(Cc3ccccn3)CC2)cc2ccccc12. The minimum absolute atomic E-state index is 0.582. The molecule has 5 heteroatoms. The third kappa shape index (κ3) is 3.21. The number of nitrogens with zero attached hydrogens (tertiary/aromatic N) is 4. The average molecular weight is 339 g/mol. The van der Waals surface area contributed by atoms with E-state index in [4.69, 9.17) is 11.6 Å². The molecule has 4 rings (SSSR count). The normalized spacial score (nSPS) is 15.8. The van der Waals surface area contributed by atoms with E-state index in [2.05, 4.69) is 38.0 Å². The van der Waals surface area contributed by atoms with Crippen LogP contribution in [-0.2, 0) is 6.54 Å². The summed E-state index contributed by atoms with van der Waals surface area (Å²) in [5.74, 6) is 0.969. The highest BCUT2D eigenvalue weighted by atomic mass is 35.5. The summed E-state index contributed by atoms with van der Waals surface area (Å²) >= 11 is 6.36. The summed E-state index contributed by atoms with van der Waals surface area (Å²) in [5, 5.41) is 2.74. The predicted molar refractivity (Wildman–Crippen MR) is 98.5 cm³/mol.